The molecule has 0 bridgehead atoms. The summed E-state index contributed by atoms with van der Waals surface area (Å²) in [6.45, 7) is 2.10. The molecule has 0 unspecified atom stereocenters. The van der Waals surface area contributed by atoms with Gasteiger partial charge in [-0.15, -0.1) is 11.3 Å². The van der Waals surface area contributed by atoms with Crippen molar-refractivity contribution in [1.82, 2.24) is 10.3 Å². The highest BCUT2D eigenvalue weighted by Crippen LogP contribution is 2.13. The molecule has 2 rings (SSSR count). The zero-order valence-electron chi connectivity index (χ0n) is 9.54. The number of thiazole rings is 1. The molecule has 1 heterocycles. The predicted molar refractivity (Wildman–Crippen MR) is 64.4 cm³/mol. The highest BCUT2D eigenvalue weighted by Gasteiger charge is 2.14. The largest absolute Gasteiger partial charge is 0.347 e. The number of aryl methyl sites for hydroxylation is 1. The molecule has 0 aliphatic heterocycles. The van der Waals surface area contributed by atoms with E-state index in [-0.39, 0.29) is 12.1 Å². The fraction of sp³-hybridized carbons (Fsp3) is 0.167. The summed E-state index contributed by atoms with van der Waals surface area (Å²) < 4.78 is 26.3. The van der Waals surface area contributed by atoms with Crippen molar-refractivity contribution in [3.05, 3.63) is 51.5 Å². The maximum Gasteiger partial charge on any atom is 0.254 e. The van der Waals surface area contributed by atoms with Crippen LogP contribution in [0.25, 0.3) is 0 Å². The number of hydrogen-bond acceptors (Lipinski definition) is 3. The summed E-state index contributed by atoms with van der Waals surface area (Å²) in [5.74, 6) is -2.80. The fourth-order valence-corrected chi connectivity index (χ4v) is 2.16. The maximum absolute atomic E-state index is 13.3. The Kier molecular flexibility index (Phi) is 3.66. The van der Waals surface area contributed by atoms with Gasteiger partial charge in [0.05, 0.1) is 17.1 Å². The third-order valence-electron chi connectivity index (χ3n) is 2.29. The Balaban J connectivity index is 2.06. The second kappa shape index (κ2) is 5.22. The van der Waals surface area contributed by atoms with Crippen LogP contribution < -0.4 is 5.32 Å². The minimum atomic E-state index is -1.13. The summed E-state index contributed by atoms with van der Waals surface area (Å²) in [4.78, 5) is 16.6. The second-order valence-electron chi connectivity index (χ2n) is 3.63. The molecule has 0 saturated carbocycles. The molecule has 0 spiro atoms. The average molecular weight is 268 g/mol. The standard InChI is InChI=1S/C12H10F2N2OS/c1-7-15-5-8(18-7)6-16-12(17)9-3-2-4-10(13)11(9)14/h2-5H,6H2,1H3,(H,16,17). The zero-order valence-corrected chi connectivity index (χ0v) is 10.4. The van der Waals surface area contributed by atoms with Gasteiger partial charge in [0.15, 0.2) is 11.6 Å². The molecular weight excluding hydrogens is 258 g/mol. The van der Waals surface area contributed by atoms with E-state index in [1.807, 2.05) is 6.92 Å². The lowest BCUT2D eigenvalue weighted by molar-refractivity contribution is 0.0946. The Hall–Kier alpha value is -1.82. The van der Waals surface area contributed by atoms with Gasteiger partial charge in [-0.2, -0.15) is 0 Å². The molecule has 0 atom stereocenters. The van der Waals surface area contributed by atoms with Gasteiger partial charge in [0, 0.05) is 11.1 Å². The predicted octanol–water partition coefficient (Wildman–Crippen LogP) is 2.66. The van der Waals surface area contributed by atoms with Gasteiger partial charge in [-0.25, -0.2) is 13.8 Å². The first-order valence-electron chi connectivity index (χ1n) is 5.21. The number of carbonyl (C=O) groups excluding carboxylic acids is 1. The Morgan fingerprint density at radius 2 is 2.22 bits per heavy atom. The van der Waals surface area contributed by atoms with Crippen molar-refractivity contribution in [3.8, 4) is 0 Å². The normalized spacial score (nSPS) is 10.4. The number of nitrogens with zero attached hydrogens (tertiary/aromatic N) is 1. The molecule has 94 valence electrons. The lowest BCUT2D eigenvalue weighted by atomic mass is 10.2. The Morgan fingerprint density at radius 3 is 2.89 bits per heavy atom. The second-order valence-corrected chi connectivity index (χ2v) is 4.95. The van der Waals surface area contributed by atoms with Crippen molar-refractivity contribution in [3.63, 3.8) is 0 Å². The quantitative estimate of drug-likeness (QED) is 0.929. The van der Waals surface area contributed by atoms with E-state index in [0.29, 0.717) is 0 Å². The molecule has 0 radical (unpaired) electrons. The van der Waals surface area contributed by atoms with E-state index >= 15 is 0 Å². The SMILES string of the molecule is Cc1ncc(CNC(=O)c2cccc(F)c2F)s1. The van der Waals surface area contributed by atoms with Crippen molar-refractivity contribution in [2.45, 2.75) is 13.5 Å². The van der Waals surface area contributed by atoms with Gasteiger partial charge in [0.1, 0.15) is 0 Å². The number of carbonyl (C=O) groups is 1. The number of hydrogen-bond donors (Lipinski definition) is 1. The van der Waals surface area contributed by atoms with Crippen molar-refractivity contribution in [2.24, 2.45) is 0 Å². The van der Waals surface area contributed by atoms with Gasteiger partial charge < -0.3 is 5.32 Å². The topological polar surface area (TPSA) is 42.0 Å². The maximum atomic E-state index is 13.3. The molecule has 0 fully saturated rings. The number of aromatic nitrogens is 1. The van der Waals surface area contributed by atoms with Crippen LogP contribution in [0.5, 0.6) is 0 Å². The van der Waals surface area contributed by atoms with Gasteiger partial charge in [0.2, 0.25) is 0 Å². The first kappa shape index (κ1) is 12.6. The van der Waals surface area contributed by atoms with Crippen LogP contribution in [0.15, 0.2) is 24.4 Å². The monoisotopic (exact) mass is 268 g/mol. The van der Waals surface area contributed by atoms with Crippen LogP contribution in [-0.2, 0) is 6.54 Å². The molecule has 0 aliphatic carbocycles. The third-order valence-corrected chi connectivity index (χ3v) is 3.20. The van der Waals surface area contributed by atoms with E-state index in [2.05, 4.69) is 10.3 Å². The first-order chi connectivity index (χ1) is 8.58. The molecule has 6 heteroatoms. The van der Waals surface area contributed by atoms with E-state index < -0.39 is 17.5 Å². The molecule has 1 aromatic carbocycles. The number of nitrogens with one attached hydrogen (secondary N) is 1. The van der Waals surface area contributed by atoms with Crippen molar-refractivity contribution >= 4 is 17.2 Å². The molecule has 0 saturated heterocycles. The summed E-state index contributed by atoms with van der Waals surface area (Å²) in [5.41, 5.74) is -0.295. The minimum absolute atomic E-state index is 0.250. The molecule has 1 amide bonds. The number of rotatable bonds is 3. The Bertz CT molecular complexity index is 583. The first-order valence-corrected chi connectivity index (χ1v) is 6.03. The van der Waals surface area contributed by atoms with Crippen LogP contribution in [0.4, 0.5) is 8.78 Å². The average Bonchev–Trinajstić information content (AvgIpc) is 2.76. The Morgan fingerprint density at radius 1 is 1.44 bits per heavy atom. The van der Waals surface area contributed by atoms with E-state index in [0.717, 1.165) is 16.0 Å². The smallest absolute Gasteiger partial charge is 0.254 e. The molecule has 0 aliphatic rings. The molecule has 2 aromatic rings. The van der Waals surface area contributed by atoms with E-state index in [1.165, 1.54) is 23.5 Å². The minimum Gasteiger partial charge on any atom is -0.347 e. The van der Waals surface area contributed by atoms with Crippen LogP contribution in [0.2, 0.25) is 0 Å². The summed E-state index contributed by atoms with van der Waals surface area (Å²) >= 11 is 1.44. The summed E-state index contributed by atoms with van der Waals surface area (Å²) in [6, 6.07) is 3.51. The van der Waals surface area contributed by atoms with Gasteiger partial charge >= 0.3 is 0 Å². The molecule has 3 nitrogen and oxygen atoms in total. The number of halogens is 2. The van der Waals surface area contributed by atoms with Crippen LogP contribution >= 0.6 is 11.3 Å². The van der Waals surface area contributed by atoms with E-state index in [9.17, 15) is 13.6 Å². The summed E-state index contributed by atoms with van der Waals surface area (Å²) in [6.07, 6.45) is 1.64. The number of amides is 1. The summed E-state index contributed by atoms with van der Waals surface area (Å²) in [5, 5.41) is 3.41. The molecule has 1 aromatic heterocycles. The highest BCUT2D eigenvalue weighted by molar-refractivity contribution is 7.11. The Labute approximate surface area is 106 Å². The van der Waals surface area contributed by atoms with E-state index in [1.54, 1.807) is 6.20 Å². The lowest BCUT2D eigenvalue weighted by Gasteiger charge is -2.04. The molecule has 18 heavy (non-hydrogen) atoms. The van der Waals surface area contributed by atoms with Gasteiger partial charge in [-0.3, -0.25) is 4.79 Å². The van der Waals surface area contributed by atoms with Gasteiger partial charge in [0.25, 0.3) is 5.91 Å². The van der Waals surface area contributed by atoms with Crippen LogP contribution in [0.3, 0.4) is 0 Å². The van der Waals surface area contributed by atoms with Crippen molar-refractivity contribution < 1.29 is 13.6 Å². The van der Waals surface area contributed by atoms with Gasteiger partial charge in [-0.05, 0) is 19.1 Å². The van der Waals surface area contributed by atoms with Crippen molar-refractivity contribution in [2.75, 3.05) is 0 Å². The number of benzene rings is 1. The van der Waals surface area contributed by atoms with Crippen molar-refractivity contribution in [1.29, 1.82) is 0 Å². The molecule has 1 N–H and O–H groups in total. The molecular formula is C12H10F2N2OS. The fourth-order valence-electron chi connectivity index (χ4n) is 1.43. The van der Waals surface area contributed by atoms with Crippen LogP contribution in [0, 0.1) is 18.6 Å². The summed E-state index contributed by atoms with van der Waals surface area (Å²) in [7, 11) is 0. The lowest BCUT2D eigenvalue weighted by Crippen LogP contribution is -2.23. The third kappa shape index (κ3) is 2.70. The van der Waals surface area contributed by atoms with Crippen LogP contribution in [-0.4, -0.2) is 10.9 Å². The van der Waals surface area contributed by atoms with E-state index in [4.69, 9.17) is 0 Å². The van der Waals surface area contributed by atoms with Crippen LogP contribution in [0.1, 0.15) is 20.2 Å². The zero-order chi connectivity index (χ0) is 13.1. The van der Waals surface area contributed by atoms with Gasteiger partial charge in [-0.1, -0.05) is 6.07 Å². The highest BCUT2D eigenvalue weighted by atomic mass is 32.1.